The molecule has 1 unspecified atom stereocenters. The third kappa shape index (κ3) is 5.03. The molecular weight excluding hydrogens is 248 g/mol. The summed E-state index contributed by atoms with van der Waals surface area (Å²) < 4.78 is 5.20. The summed E-state index contributed by atoms with van der Waals surface area (Å²) in [5.41, 5.74) is 0. The third-order valence-electron chi connectivity index (χ3n) is 2.84. The van der Waals surface area contributed by atoms with Crippen LogP contribution in [0.15, 0.2) is 22.8 Å². The van der Waals surface area contributed by atoms with Crippen molar-refractivity contribution < 1.29 is 19.1 Å². The van der Waals surface area contributed by atoms with Crippen molar-refractivity contribution in [3.63, 3.8) is 0 Å². The fraction of sp³-hybridized carbons (Fsp3) is 0.538. The molecule has 6 heteroatoms. The van der Waals surface area contributed by atoms with Gasteiger partial charge in [0, 0.05) is 12.6 Å². The van der Waals surface area contributed by atoms with Crippen molar-refractivity contribution in [1.29, 1.82) is 0 Å². The number of carboxylic acids is 1. The van der Waals surface area contributed by atoms with E-state index in [-0.39, 0.29) is 18.5 Å². The van der Waals surface area contributed by atoms with Crippen LogP contribution in [-0.4, -0.2) is 34.6 Å². The molecular formula is C13H20N2O4. The van der Waals surface area contributed by atoms with Gasteiger partial charge in [0.1, 0.15) is 5.76 Å². The normalized spacial score (nSPS) is 11.9. The smallest absolute Gasteiger partial charge is 0.318 e. The van der Waals surface area contributed by atoms with Crippen LogP contribution in [0.2, 0.25) is 0 Å². The first-order valence-electron chi connectivity index (χ1n) is 6.36. The molecule has 2 N–H and O–H groups in total. The lowest BCUT2D eigenvalue weighted by Crippen LogP contribution is -2.44. The Morgan fingerprint density at radius 1 is 1.47 bits per heavy atom. The molecule has 1 atom stereocenters. The second kappa shape index (κ2) is 7.45. The molecule has 0 radical (unpaired) electrons. The number of furan rings is 1. The number of nitrogens with zero attached hydrogens (tertiary/aromatic N) is 1. The van der Waals surface area contributed by atoms with Gasteiger partial charge in [0.2, 0.25) is 0 Å². The first-order chi connectivity index (χ1) is 9.06. The van der Waals surface area contributed by atoms with Crippen molar-refractivity contribution >= 4 is 12.0 Å². The summed E-state index contributed by atoms with van der Waals surface area (Å²) in [6, 6.07) is 2.94. The lowest BCUT2D eigenvalue weighted by Gasteiger charge is -2.23. The molecule has 0 bridgehead atoms. The van der Waals surface area contributed by atoms with E-state index in [4.69, 9.17) is 9.52 Å². The topological polar surface area (TPSA) is 82.8 Å². The van der Waals surface area contributed by atoms with E-state index in [1.165, 1.54) is 0 Å². The van der Waals surface area contributed by atoms with Crippen LogP contribution in [0.5, 0.6) is 0 Å². The monoisotopic (exact) mass is 268 g/mol. The molecule has 6 nitrogen and oxygen atoms in total. The highest BCUT2D eigenvalue weighted by molar-refractivity contribution is 5.75. The zero-order valence-corrected chi connectivity index (χ0v) is 11.3. The molecule has 2 amide bonds. The van der Waals surface area contributed by atoms with Gasteiger partial charge < -0.3 is 19.7 Å². The van der Waals surface area contributed by atoms with Crippen LogP contribution in [0.3, 0.4) is 0 Å². The first kappa shape index (κ1) is 15.1. The molecule has 0 spiro atoms. The van der Waals surface area contributed by atoms with Crippen LogP contribution in [-0.2, 0) is 11.3 Å². The Balaban J connectivity index is 2.55. The second-order valence-corrected chi connectivity index (χ2v) is 4.25. The Labute approximate surface area is 112 Å². The molecule has 0 aliphatic heterocycles. The summed E-state index contributed by atoms with van der Waals surface area (Å²) >= 11 is 0. The van der Waals surface area contributed by atoms with Gasteiger partial charge in [-0.1, -0.05) is 6.92 Å². The predicted octanol–water partition coefficient (Wildman–Crippen LogP) is 2.06. The quantitative estimate of drug-likeness (QED) is 0.793. The van der Waals surface area contributed by atoms with Crippen molar-refractivity contribution in [2.75, 3.05) is 6.54 Å². The molecule has 19 heavy (non-hydrogen) atoms. The molecule has 1 aromatic rings. The van der Waals surface area contributed by atoms with Crippen LogP contribution >= 0.6 is 0 Å². The minimum absolute atomic E-state index is 0.0689. The van der Waals surface area contributed by atoms with Crippen molar-refractivity contribution in [2.45, 2.75) is 39.3 Å². The summed E-state index contributed by atoms with van der Waals surface area (Å²) in [4.78, 5) is 24.3. The average Bonchev–Trinajstić information content (AvgIpc) is 2.87. The summed E-state index contributed by atoms with van der Waals surface area (Å²) in [7, 11) is 0. The molecule has 1 rings (SSSR count). The van der Waals surface area contributed by atoms with Gasteiger partial charge in [-0.05, 0) is 25.5 Å². The highest BCUT2D eigenvalue weighted by Gasteiger charge is 2.18. The number of urea groups is 1. The summed E-state index contributed by atoms with van der Waals surface area (Å²) in [6.07, 6.45) is 2.07. The fourth-order valence-corrected chi connectivity index (χ4v) is 1.69. The van der Waals surface area contributed by atoms with Crippen molar-refractivity contribution in [3.8, 4) is 0 Å². The van der Waals surface area contributed by atoms with Gasteiger partial charge in [0.25, 0.3) is 0 Å². The first-order valence-corrected chi connectivity index (χ1v) is 6.36. The van der Waals surface area contributed by atoms with Gasteiger partial charge in [-0.2, -0.15) is 0 Å². The van der Waals surface area contributed by atoms with E-state index in [1.807, 2.05) is 13.8 Å². The number of hydrogen-bond donors (Lipinski definition) is 2. The highest BCUT2D eigenvalue weighted by Crippen LogP contribution is 2.06. The summed E-state index contributed by atoms with van der Waals surface area (Å²) in [5, 5.41) is 11.5. The highest BCUT2D eigenvalue weighted by atomic mass is 16.4. The average molecular weight is 268 g/mol. The standard InChI is InChI=1S/C13H20N2O4/c1-3-10(8-12(16)17)14-13(18)15(4-2)9-11-6-5-7-19-11/h5-7,10H,3-4,8-9H2,1-2H3,(H,14,18)(H,16,17). The Kier molecular flexibility index (Phi) is 5.92. The largest absolute Gasteiger partial charge is 0.481 e. The van der Waals surface area contributed by atoms with E-state index in [2.05, 4.69) is 5.32 Å². The number of carboxylic acid groups (broad SMARTS) is 1. The lowest BCUT2D eigenvalue weighted by molar-refractivity contribution is -0.137. The van der Waals surface area contributed by atoms with Crippen molar-refractivity contribution in [2.24, 2.45) is 0 Å². The Bertz CT molecular complexity index is 403. The molecule has 0 aromatic carbocycles. The van der Waals surface area contributed by atoms with Crippen molar-refractivity contribution in [1.82, 2.24) is 10.2 Å². The molecule has 0 aliphatic carbocycles. The van der Waals surface area contributed by atoms with Gasteiger partial charge in [-0.3, -0.25) is 4.79 Å². The minimum Gasteiger partial charge on any atom is -0.481 e. The maximum absolute atomic E-state index is 12.0. The van der Waals surface area contributed by atoms with Crippen molar-refractivity contribution in [3.05, 3.63) is 24.2 Å². The van der Waals surface area contributed by atoms with Crippen LogP contribution < -0.4 is 5.32 Å². The number of aliphatic carboxylic acids is 1. The zero-order chi connectivity index (χ0) is 14.3. The maximum atomic E-state index is 12.0. The van der Waals surface area contributed by atoms with Gasteiger partial charge in [0.05, 0.1) is 19.2 Å². The molecule has 0 fully saturated rings. The van der Waals surface area contributed by atoms with Gasteiger partial charge in [-0.25, -0.2) is 4.79 Å². The number of amides is 2. The van der Waals surface area contributed by atoms with E-state index < -0.39 is 5.97 Å². The van der Waals surface area contributed by atoms with Crippen LogP contribution in [0.25, 0.3) is 0 Å². The van der Waals surface area contributed by atoms with Gasteiger partial charge in [-0.15, -0.1) is 0 Å². The van der Waals surface area contributed by atoms with Gasteiger partial charge in [0.15, 0.2) is 0 Å². The molecule has 0 saturated heterocycles. The van der Waals surface area contributed by atoms with E-state index in [9.17, 15) is 9.59 Å². The molecule has 0 aliphatic rings. The minimum atomic E-state index is -0.916. The Hall–Kier alpha value is -1.98. The molecule has 0 saturated carbocycles. The number of rotatable bonds is 7. The zero-order valence-electron chi connectivity index (χ0n) is 11.3. The lowest BCUT2D eigenvalue weighted by atomic mass is 10.1. The van der Waals surface area contributed by atoms with E-state index >= 15 is 0 Å². The van der Waals surface area contributed by atoms with E-state index in [0.29, 0.717) is 25.3 Å². The van der Waals surface area contributed by atoms with Gasteiger partial charge >= 0.3 is 12.0 Å². The maximum Gasteiger partial charge on any atom is 0.318 e. The molecule has 106 valence electrons. The predicted molar refractivity (Wildman–Crippen MR) is 69.7 cm³/mol. The number of carbonyl (C=O) groups is 2. The molecule has 1 aromatic heterocycles. The number of nitrogens with one attached hydrogen (secondary N) is 1. The summed E-state index contributed by atoms with van der Waals surface area (Å²) in [5.74, 6) is -0.218. The summed E-state index contributed by atoms with van der Waals surface area (Å²) in [6.45, 7) is 4.60. The number of hydrogen-bond acceptors (Lipinski definition) is 3. The van der Waals surface area contributed by atoms with Crippen LogP contribution in [0.1, 0.15) is 32.4 Å². The number of carbonyl (C=O) groups excluding carboxylic acids is 1. The van der Waals surface area contributed by atoms with Crippen LogP contribution in [0, 0.1) is 0 Å². The Morgan fingerprint density at radius 2 is 2.21 bits per heavy atom. The Morgan fingerprint density at radius 3 is 2.68 bits per heavy atom. The third-order valence-corrected chi connectivity index (χ3v) is 2.84. The fourth-order valence-electron chi connectivity index (χ4n) is 1.69. The van der Waals surface area contributed by atoms with Crippen LogP contribution in [0.4, 0.5) is 4.79 Å². The SMILES string of the molecule is CCC(CC(=O)O)NC(=O)N(CC)Cc1ccco1. The second-order valence-electron chi connectivity index (χ2n) is 4.25. The van der Waals surface area contributed by atoms with E-state index in [1.54, 1.807) is 23.3 Å². The molecule has 1 heterocycles. The van der Waals surface area contributed by atoms with E-state index in [0.717, 1.165) is 0 Å².